The van der Waals surface area contributed by atoms with Crippen molar-refractivity contribution >= 4 is 50.5 Å². The van der Waals surface area contributed by atoms with Crippen molar-refractivity contribution in [2.45, 2.75) is 24.9 Å². The molecule has 0 saturated heterocycles. The van der Waals surface area contributed by atoms with E-state index in [1.54, 1.807) is 23.5 Å². The summed E-state index contributed by atoms with van der Waals surface area (Å²) >= 11 is 2.98. The minimum absolute atomic E-state index is 0.200. The maximum absolute atomic E-state index is 13.5. The fourth-order valence-corrected chi connectivity index (χ4v) is 5.81. The SMILES string of the molecule is C=CC(=O)N[C@@H](Cc1ccccc1)C(=O)N[C@@H](Cc1ccc(NS(=O)(=O)O)cc1)c1nc(-c2ccsc2)cs1. The molecule has 0 fully saturated rings. The summed E-state index contributed by atoms with van der Waals surface area (Å²) in [5, 5.41) is 12.3. The number of benzene rings is 2. The molecule has 39 heavy (non-hydrogen) atoms. The van der Waals surface area contributed by atoms with E-state index in [-0.39, 0.29) is 18.0 Å². The van der Waals surface area contributed by atoms with Gasteiger partial charge in [-0.05, 0) is 47.2 Å². The zero-order valence-corrected chi connectivity index (χ0v) is 23.1. The van der Waals surface area contributed by atoms with Crippen LogP contribution in [-0.4, -0.2) is 35.8 Å². The molecule has 9 nitrogen and oxygen atoms in total. The lowest BCUT2D eigenvalue weighted by atomic mass is 10.0. The van der Waals surface area contributed by atoms with Crippen LogP contribution in [0.5, 0.6) is 0 Å². The fourth-order valence-electron chi connectivity index (χ4n) is 3.85. The number of carbonyl (C=O) groups is 2. The van der Waals surface area contributed by atoms with Gasteiger partial charge >= 0.3 is 10.3 Å². The van der Waals surface area contributed by atoms with Crippen molar-refractivity contribution in [3.63, 3.8) is 0 Å². The predicted molar refractivity (Wildman–Crippen MR) is 154 cm³/mol. The van der Waals surface area contributed by atoms with Crippen LogP contribution < -0.4 is 15.4 Å². The largest absolute Gasteiger partial charge is 0.357 e. The van der Waals surface area contributed by atoms with Crippen LogP contribution in [0.4, 0.5) is 5.69 Å². The predicted octanol–water partition coefficient (Wildman–Crippen LogP) is 4.40. The third-order valence-corrected chi connectivity index (χ3v) is 7.83. The second-order valence-electron chi connectivity index (χ2n) is 8.58. The number of thiophene rings is 1. The van der Waals surface area contributed by atoms with Crippen LogP contribution in [0, 0.1) is 0 Å². The van der Waals surface area contributed by atoms with Gasteiger partial charge in [-0.3, -0.25) is 18.9 Å². The van der Waals surface area contributed by atoms with Crippen LogP contribution in [0.15, 0.2) is 89.5 Å². The van der Waals surface area contributed by atoms with E-state index in [2.05, 4.69) is 17.2 Å². The van der Waals surface area contributed by atoms with Crippen LogP contribution >= 0.6 is 22.7 Å². The number of carbonyl (C=O) groups excluding carboxylic acids is 2. The highest BCUT2D eigenvalue weighted by Gasteiger charge is 2.26. The molecule has 0 aliphatic rings. The Balaban J connectivity index is 1.59. The van der Waals surface area contributed by atoms with Crippen molar-refractivity contribution < 1.29 is 22.6 Å². The minimum Gasteiger partial charge on any atom is -0.345 e. The third kappa shape index (κ3) is 8.32. The van der Waals surface area contributed by atoms with Crippen LogP contribution in [0.1, 0.15) is 22.2 Å². The highest BCUT2D eigenvalue weighted by molar-refractivity contribution is 7.87. The first-order chi connectivity index (χ1) is 18.7. The van der Waals surface area contributed by atoms with Crippen LogP contribution in [0.25, 0.3) is 11.3 Å². The van der Waals surface area contributed by atoms with E-state index in [1.807, 2.05) is 57.3 Å². The molecule has 2 heterocycles. The van der Waals surface area contributed by atoms with Gasteiger partial charge in [-0.2, -0.15) is 19.8 Å². The molecule has 12 heteroatoms. The van der Waals surface area contributed by atoms with Crippen molar-refractivity contribution in [3.05, 3.63) is 106 Å². The highest BCUT2D eigenvalue weighted by atomic mass is 32.2. The van der Waals surface area contributed by atoms with Crippen molar-refractivity contribution in [1.29, 1.82) is 0 Å². The Morgan fingerprint density at radius 3 is 2.33 bits per heavy atom. The van der Waals surface area contributed by atoms with Gasteiger partial charge in [-0.1, -0.05) is 49.0 Å². The molecule has 0 saturated carbocycles. The smallest absolute Gasteiger partial charge is 0.345 e. The van der Waals surface area contributed by atoms with Crippen molar-refractivity contribution in [3.8, 4) is 11.3 Å². The highest BCUT2D eigenvalue weighted by Crippen LogP contribution is 2.29. The summed E-state index contributed by atoms with van der Waals surface area (Å²) in [5.41, 5.74) is 3.65. The lowest BCUT2D eigenvalue weighted by molar-refractivity contribution is -0.127. The minimum atomic E-state index is -4.39. The van der Waals surface area contributed by atoms with E-state index in [0.717, 1.165) is 28.5 Å². The second kappa shape index (κ2) is 12.8. The number of hydrogen-bond acceptors (Lipinski definition) is 7. The number of amides is 2. The Labute approximate surface area is 234 Å². The Morgan fingerprint density at radius 2 is 1.69 bits per heavy atom. The molecule has 2 aromatic carbocycles. The summed E-state index contributed by atoms with van der Waals surface area (Å²) in [6.45, 7) is 3.49. The van der Waals surface area contributed by atoms with Crippen LogP contribution in [0.3, 0.4) is 0 Å². The Kier molecular flexibility index (Phi) is 9.25. The normalized spacial score (nSPS) is 12.7. The first kappa shape index (κ1) is 28.2. The fraction of sp³-hybridized carbons (Fsp3) is 0.148. The topological polar surface area (TPSA) is 137 Å². The van der Waals surface area contributed by atoms with E-state index in [0.29, 0.717) is 11.4 Å². The van der Waals surface area contributed by atoms with Crippen LogP contribution in [-0.2, 0) is 32.7 Å². The molecule has 0 spiro atoms. The molecule has 0 aliphatic heterocycles. The number of thiazole rings is 1. The van der Waals surface area contributed by atoms with Gasteiger partial charge in [0, 0.05) is 22.7 Å². The molecule has 2 atom stereocenters. The molecule has 4 N–H and O–H groups in total. The van der Waals surface area contributed by atoms with Gasteiger partial charge in [0.05, 0.1) is 17.4 Å². The molecule has 0 aliphatic carbocycles. The van der Waals surface area contributed by atoms with Gasteiger partial charge < -0.3 is 10.6 Å². The number of nitrogens with zero attached hydrogens (tertiary/aromatic N) is 1. The van der Waals surface area contributed by atoms with Gasteiger partial charge in [0.2, 0.25) is 11.8 Å². The molecule has 0 unspecified atom stereocenters. The molecular weight excluding hydrogens is 557 g/mol. The monoisotopic (exact) mass is 582 g/mol. The maximum atomic E-state index is 13.5. The standard InChI is InChI=1S/C27H26N4O5S3/c1-2-25(32)28-22(14-18-6-4-3-5-7-18)26(33)29-23(27-30-24(17-38-27)20-12-13-37-16-20)15-19-8-10-21(11-9-19)31-39(34,35)36/h2-13,16-17,22-23,31H,1,14-15H2,(H,28,32)(H,29,33)(H,34,35,36)/t22-,23-/m0/s1. The van der Waals surface area contributed by atoms with Crippen molar-refractivity contribution in [2.75, 3.05) is 4.72 Å². The third-order valence-electron chi connectivity index (χ3n) is 5.70. The Morgan fingerprint density at radius 1 is 0.974 bits per heavy atom. The van der Waals surface area contributed by atoms with E-state index >= 15 is 0 Å². The summed E-state index contributed by atoms with van der Waals surface area (Å²) in [7, 11) is -4.39. The van der Waals surface area contributed by atoms with Gasteiger partial charge in [-0.15, -0.1) is 11.3 Å². The van der Waals surface area contributed by atoms with Crippen molar-refractivity contribution in [1.82, 2.24) is 15.6 Å². The number of anilines is 1. The van der Waals surface area contributed by atoms with Gasteiger partial charge in [-0.25, -0.2) is 4.98 Å². The summed E-state index contributed by atoms with van der Waals surface area (Å²) in [6, 6.07) is 16.4. The van der Waals surface area contributed by atoms with Gasteiger partial charge in [0.25, 0.3) is 0 Å². The van der Waals surface area contributed by atoms with E-state index in [4.69, 9.17) is 9.54 Å². The average molecular weight is 583 g/mol. The summed E-state index contributed by atoms with van der Waals surface area (Å²) in [5.74, 6) is -0.838. The van der Waals surface area contributed by atoms with Gasteiger partial charge in [0.15, 0.2) is 0 Å². The molecule has 2 amide bonds. The maximum Gasteiger partial charge on any atom is 0.357 e. The molecule has 2 aromatic heterocycles. The lowest BCUT2D eigenvalue weighted by Gasteiger charge is -2.22. The molecule has 0 bridgehead atoms. The molecular formula is C27H26N4O5S3. The number of aromatic nitrogens is 1. The Bertz CT molecular complexity index is 1520. The van der Waals surface area contributed by atoms with Gasteiger partial charge in [0.1, 0.15) is 11.0 Å². The average Bonchev–Trinajstić information content (AvgIpc) is 3.61. The number of rotatable bonds is 12. The second-order valence-corrected chi connectivity index (χ2v) is 11.4. The zero-order chi connectivity index (χ0) is 27.8. The molecule has 4 rings (SSSR count). The number of hydrogen-bond donors (Lipinski definition) is 4. The summed E-state index contributed by atoms with van der Waals surface area (Å²) in [6.07, 6.45) is 1.76. The van der Waals surface area contributed by atoms with E-state index in [9.17, 15) is 18.0 Å². The quantitative estimate of drug-likeness (QED) is 0.144. The van der Waals surface area contributed by atoms with Crippen molar-refractivity contribution in [2.24, 2.45) is 0 Å². The summed E-state index contributed by atoms with van der Waals surface area (Å²) < 4.78 is 33.3. The summed E-state index contributed by atoms with van der Waals surface area (Å²) in [4.78, 5) is 30.4. The van der Waals surface area contributed by atoms with Crippen LogP contribution in [0.2, 0.25) is 0 Å². The molecule has 0 radical (unpaired) electrons. The van der Waals surface area contributed by atoms with E-state index in [1.165, 1.54) is 23.5 Å². The lowest BCUT2D eigenvalue weighted by Crippen LogP contribution is -2.48. The molecule has 4 aromatic rings. The first-order valence-electron chi connectivity index (χ1n) is 11.8. The number of nitrogens with one attached hydrogen (secondary N) is 3. The van der Waals surface area contributed by atoms with E-state index < -0.39 is 28.3 Å². The zero-order valence-electron chi connectivity index (χ0n) is 20.6. The molecule has 202 valence electrons. The Hall–Kier alpha value is -3.84. The first-order valence-corrected chi connectivity index (χ1v) is 15.1.